The number of nitrogens with zero attached hydrogens (tertiary/aromatic N) is 2. The third-order valence-corrected chi connectivity index (χ3v) is 2.33. The van der Waals surface area contributed by atoms with E-state index in [2.05, 4.69) is 10.1 Å². The highest BCUT2D eigenvalue weighted by molar-refractivity contribution is 5.57. The van der Waals surface area contributed by atoms with Crippen LogP contribution < -0.4 is 0 Å². The lowest BCUT2D eigenvalue weighted by Crippen LogP contribution is -1.89. The van der Waals surface area contributed by atoms with Crippen molar-refractivity contribution in [3.63, 3.8) is 0 Å². The Hall–Kier alpha value is -1.64. The molecule has 1 heterocycles. The zero-order valence-corrected chi connectivity index (χ0v) is 9.19. The molecule has 0 aliphatic rings. The molecule has 0 bridgehead atoms. The van der Waals surface area contributed by atoms with Crippen molar-refractivity contribution in [3.05, 3.63) is 35.7 Å². The molecule has 0 saturated heterocycles. The van der Waals surface area contributed by atoms with Crippen LogP contribution >= 0.6 is 0 Å². The maximum atomic E-state index is 5.23. The Morgan fingerprint density at radius 1 is 1.20 bits per heavy atom. The van der Waals surface area contributed by atoms with Crippen molar-refractivity contribution in [1.82, 2.24) is 10.1 Å². The number of rotatable bonds is 2. The summed E-state index contributed by atoms with van der Waals surface area (Å²) in [4.78, 5) is 4.36. The minimum atomic E-state index is 0.298. The van der Waals surface area contributed by atoms with Crippen LogP contribution in [0.2, 0.25) is 0 Å². The lowest BCUT2D eigenvalue weighted by Gasteiger charge is -1.98. The van der Waals surface area contributed by atoms with E-state index in [1.807, 2.05) is 45.0 Å². The second kappa shape index (κ2) is 3.85. The predicted molar refractivity (Wildman–Crippen MR) is 58.6 cm³/mol. The topological polar surface area (TPSA) is 38.9 Å². The molecule has 78 valence electrons. The highest BCUT2D eigenvalue weighted by atomic mass is 16.5. The van der Waals surface area contributed by atoms with E-state index in [9.17, 15) is 0 Å². The highest BCUT2D eigenvalue weighted by Gasteiger charge is 2.12. The van der Waals surface area contributed by atoms with Crippen molar-refractivity contribution < 1.29 is 4.52 Å². The Balaban J connectivity index is 2.42. The maximum absolute atomic E-state index is 5.23. The van der Waals surface area contributed by atoms with Crippen molar-refractivity contribution in [2.45, 2.75) is 26.7 Å². The van der Waals surface area contributed by atoms with E-state index >= 15 is 0 Å². The molecule has 1 aromatic heterocycles. The van der Waals surface area contributed by atoms with E-state index in [4.69, 9.17) is 4.52 Å². The molecule has 0 saturated carbocycles. The van der Waals surface area contributed by atoms with Crippen molar-refractivity contribution in [2.75, 3.05) is 0 Å². The van der Waals surface area contributed by atoms with Crippen LogP contribution in [0.5, 0.6) is 0 Å². The Morgan fingerprint density at radius 3 is 2.53 bits per heavy atom. The van der Waals surface area contributed by atoms with Gasteiger partial charge in [0, 0.05) is 11.5 Å². The van der Waals surface area contributed by atoms with Crippen molar-refractivity contribution in [1.29, 1.82) is 0 Å². The van der Waals surface area contributed by atoms with Crippen molar-refractivity contribution >= 4 is 0 Å². The Kier molecular flexibility index (Phi) is 2.54. The molecule has 0 atom stereocenters. The van der Waals surface area contributed by atoms with Gasteiger partial charge in [0.25, 0.3) is 5.89 Å². The average molecular weight is 202 g/mol. The summed E-state index contributed by atoms with van der Waals surface area (Å²) < 4.78 is 5.23. The van der Waals surface area contributed by atoms with Gasteiger partial charge in [-0.2, -0.15) is 4.98 Å². The Morgan fingerprint density at radius 2 is 1.93 bits per heavy atom. The van der Waals surface area contributed by atoms with E-state index in [-0.39, 0.29) is 0 Å². The Labute approximate surface area is 89.1 Å². The molecular formula is C12H14N2O. The molecule has 3 heteroatoms. The quantitative estimate of drug-likeness (QED) is 0.750. The lowest BCUT2D eigenvalue weighted by atomic mass is 10.1. The Bertz CT molecular complexity index is 460. The van der Waals surface area contributed by atoms with Gasteiger partial charge in [-0.15, -0.1) is 0 Å². The molecule has 3 nitrogen and oxygen atoms in total. The van der Waals surface area contributed by atoms with E-state index in [0.29, 0.717) is 11.8 Å². The molecule has 0 aliphatic carbocycles. The van der Waals surface area contributed by atoms with Gasteiger partial charge < -0.3 is 4.52 Å². The normalized spacial score (nSPS) is 10.9. The van der Waals surface area contributed by atoms with Gasteiger partial charge in [-0.1, -0.05) is 37.2 Å². The van der Waals surface area contributed by atoms with Crippen LogP contribution in [0.15, 0.2) is 28.8 Å². The van der Waals surface area contributed by atoms with Gasteiger partial charge in [0.2, 0.25) is 0 Å². The summed E-state index contributed by atoms with van der Waals surface area (Å²) in [6.45, 7) is 6.13. The van der Waals surface area contributed by atoms with Gasteiger partial charge in [0.1, 0.15) is 0 Å². The summed E-state index contributed by atoms with van der Waals surface area (Å²) in [5, 5.41) is 3.95. The second-order valence-corrected chi connectivity index (χ2v) is 3.93. The number of hydrogen-bond acceptors (Lipinski definition) is 3. The summed E-state index contributed by atoms with van der Waals surface area (Å²) in [6.07, 6.45) is 0. The number of hydrogen-bond donors (Lipinski definition) is 0. The van der Waals surface area contributed by atoms with Gasteiger partial charge in [-0.3, -0.25) is 0 Å². The zero-order valence-electron chi connectivity index (χ0n) is 9.19. The highest BCUT2D eigenvalue weighted by Crippen LogP contribution is 2.22. The minimum absolute atomic E-state index is 0.298. The molecule has 0 fully saturated rings. The fourth-order valence-corrected chi connectivity index (χ4v) is 1.39. The third-order valence-electron chi connectivity index (χ3n) is 2.33. The van der Waals surface area contributed by atoms with E-state index < -0.39 is 0 Å². The molecule has 0 spiro atoms. The predicted octanol–water partition coefficient (Wildman–Crippen LogP) is 3.17. The molecule has 0 unspecified atom stereocenters. The number of aromatic nitrogens is 2. The first-order valence-corrected chi connectivity index (χ1v) is 5.08. The summed E-state index contributed by atoms with van der Waals surface area (Å²) in [7, 11) is 0. The van der Waals surface area contributed by atoms with Crippen LogP contribution in [-0.4, -0.2) is 10.1 Å². The van der Waals surface area contributed by atoms with E-state index in [1.165, 1.54) is 0 Å². The van der Waals surface area contributed by atoms with Crippen LogP contribution in [0.1, 0.15) is 31.2 Å². The molecule has 2 rings (SSSR count). The van der Waals surface area contributed by atoms with E-state index in [1.54, 1.807) is 0 Å². The van der Waals surface area contributed by atoms with Crippen molar-refractivity contribution in [2.24, 2.45) is 0 Å². The first kappa shape index (κ1) is 9.90. The smallest absolute Gasteiger partial charge is 0.258 e. The SMILES string of the molecule is Cc1ccccc1-c1nc(C(C)C)no1. The second-order valence-electron chi connectivity index (χ2n) is 3.93. The van der Waals surface area contributed by atoms with Gasteiger partial charge in [0.15, 0.2) is 5.82 Å². The summed E-state index contributed by atoms with van der Waals surface area (Å²) in [6, 6.07) is 8.00. The fraction of sp³-hybridized carbons (Fsp3) is 0.333. The van der Waals surface area contributed by atoms with Crippen LogP contribution in [0.3, 0.4) is 0 Å². The average Bonchev–Trinajstić information content (AvgIpc) is 2.67. The van der Waals surface area contributed by atoms with Gasteiger partial charge in [0.05, 0.1) is 0 Å². The largest absolute Gasteiger partial charge is 0.334 e. The standard InChI is InChI=1S/C12H14N2O/c1-8(2)11-13-12(15-14-11)10-7-5-4-6-9(10)3/h4-8H,1-3H3. The maximum Gasteiger partial charge on any atom is 0.258 e. The lowest BCUT2D eigenvalue weighted by molar-refractivity contribution is 0.419. The first-order chi connectivity index (χ1) is 7.18. The third kappa shape index (κ3) is 1.91. The summed E-state index contributed by atoms with van der Waals surface area (Å²) in [5.41, 5.74) is 2.16. The van der Waals surface area contributed by atoms with Crippen molar-refractivity contribution in [3.8, 4) is 11.5 Å². The molecule has 0 aliphatic heterocycles. The zero-order chi connectivity index (χ0) is 10.8. The van der Waals surface area contributed by atoms with E-state index in [0.717, 1.165) is 17.0 Å². The number of aryl methyl sites for hydroxylation is 1. The molecule has 0 N–H and O–H groups in total. The van der Waals surface area contributed by atoms with Gasteiger partial charge in [-0.05, 0) is 18.6 Å². The molecular weight excluding hydrogens is 188 g/mol. The summed E-state index contributed by atoms with van der Waals surface area (Å²) >= 11 is 0. The van der Waals surface area contributed by atoms with Gasteiger partial charge in [-0.25, -0.2) is 0 Å². The van der Waals surface area contributed by atoms with Crippen LogP contribution in [0, 0.1) is 6.92 Å². The van der Waals surface area contributed by atoms with Crippen LogP contribution in [0.25, 0.3) is 11.5 Å². The first-order valence-electron chi connectivity index (χ1n) is 5.08. The number of benzene rings is 1. The summed E-state index contributed by atoms with van der Waals surface area (Å²) in [5.74, 6) is 1.66. The van der Waals surface area contributed by atoms with Crippen LogP contribution in [0.4, 0.5) is 0 Å². The molecule has 0 radical (unpaired) electrons. The fourth-order valence-electron chi connectivity index (χ4n) is 1.39. The molecule has 1 aromatic carbocycles. The molecule has 2 aromatic rings. The molecule has 0 amide bonds. The molecule has 15 heavy (non-hydrogen) atoms. The monoisotopic (exact) mass is 202 g/mol. The van der Waals surface area contributed by atoms with Gasteiger partial charge >= 0.3 is 0 Å². The van der Waals surface area contributed by atoms with Crippen LogP contribution in [-0.2, 0) is 0 Å². The minimum Gasteiger partial charge on any atom is -0.334 e.